The Bertz CT molecular complexity index is 367. The summed E-state index contributed by atoms with van der Waals surface area (Å²) in [6.07, 6.45) is 0.260. The molecule has 0 aromatic heterocycles. The number of nitro groups is 1. The van der Waals surface area contributed by atoms with Crippen molar-refractivity contribution < 1.29 is 9.72 Å². The number of hydrogen-bond donors (Lipinski definition) is 1. The number of benzene rings is 1. The molecule has 86 valence electrons. The second kappa shape index (κ2) is 6.27. The molecule has 0 aliphatic carbocycles. The minimum Gasteiger partial charge on any atom is -0.299 e. The zero-order chi connectivity index (χ0) is 12.0. The number of Topliss-reactive ketones (excluding diaryl/α,β-unsaturated/α-hetero) is 1. The van der Waals surface area contributed by atoms with E-state index >= 15 is 0 Å². The van der Waals surface area contributed by atoms with Crippen molar-refractivity contribution >= 4 is 18.4 Å². The fraction of sp³-hybridized carbons (Fsp3) is 0.364. The molecule has 0 N–H and O–H groups in total. The van der Waals surface area contributed by atoms with Gasteiger partial charge in [0.1, 0.15) is 11.7 Å². The Labute approximate surface area is 99.2 Å². The van der Waals surface area contributed by atoms with Crippen LogP contribution in [0.1, 0.15) is 17.9 Å². The molecule has 1 rings (SSSR count). The molecule has 0 radical (unpaired) electrons. The first-order chi connectivity index (χ1) is 7.65. The summed E-state index contributed by atoms with van der Waals surface area (Å²) in [5.74, 6) is -0.360. The van der Waals surface area contributed by atoms with Gasteiger partial charge in [-0.15, -0.1) is 0 Å². The van der Waals surface area contributed by atoms with Crippen LogP contribution in [0.25, 0.3) is 0 Å². The van der Waals surface area contributed by atoms with Gasteiger partial charge in [0.15, 0.2) is 0 Å². The summed E-state index contributed by atoms with van der Waals surface area (Å²) in [6.45, 7) is -0.351. The van der Waals surface area contributed by atoms with Crippen molar-refractivity contribution in [2.75, 3.05) is 12.3 Å². The van der Waals surface area contributed by atoms with Crippen molar-refractivity contribution in [2.45, 2.75) is 12.3 Å². The first-order valence-electron chi connectivity index (χ1n) is 4.95. The van der Waals surface area contributed by atoms with Crippen molar-refractivity contribution in [1.82, 2.24) is 0 Å². The predicted molar refractivity (Wildman–Crippen MR) is 64.5 cm³/mol. The van der Waals surface area contributed by atoms with Gasteiger partial charge < -0.3 is 0 Å². The third-order valence-electron chi connectivity index (χ3n) is 2.28. The molecule has 1 atom stereocenters. The molecule has 0 spiro atoms. The van der Waals surface area contributed by atoms with E-state index < -0.39 is 10.8 Å². The highest BCUT2D eigenvalue weighted by molar-refractivity contribution is 7.80. The topological polar surface area (TPSA) is 60.2 Å². The molecule has 0 bridgehead atoms. The Morgan fingerprint density at radius 2 is 2.00 bits per heavy atom. The molecule has 1 aromatic rings. The van der Waals surface area contributed by atoms with Crippen LogP contribution in [0, 0.1) is 10.1 Å². The Morgan fingerprint density at radius 3 is 2.50 bits per heavy atom. The van der Waals surface area contributed by atoms with Gasteiger partial charge in [-0.1, -0.05) is 30.3 Å². The van der Waals surface area contributed by atoms with Crippen LogP contribution in [-0.4, -0.2) is 23.0 Å². The second-order valence-electron chi connectivity index (χ2n) is 3.42. The average molecular weight is 239 g/mol. The minimum absolute atomic E-state index is 0.127. The van der Waals surface area contributed by atoms with E-state index in [4.69, 9.17) is 0 Å². The Hall–Kier alpha value is -1.36. The lowest BCUT2D eigenvalue weighted by atomic mass is 9.93. The highest BCUT2D eigenvalue weighted by atomic mass is 32.1. The van der Waals surface area contributed by atoms with E-state index in [9.17, 15) is 14.9 Å². The summed E-state index contributed by atoms with van der Waals surface area (Å²) >= 11 is 3.97. The van der Waals surface area contributed by atoms with Crippen LogP contribution in [0.5, 0.6) is 0 Å². The van der Waals surface area contributed by atoms with Gasteiger partial charge in [-0.3, -0.25) is 14.9 Å². The van der Waals surface area contributed by atoms with Gasteiger partial charge >= 0.3 is 0 Å². The van der Waals surface area contributed by atoms with Crippen LogP contribution >= 0.6 is 12.6 Å². The molecule has 0 aliphatic heterocycles. The van der Waals surface area contributed by atoms with Crippen LogP contribution in [-0.2, 0) is 4.79 Å². The maximum absolute atomic E-state index is 11.7. The highest BCUT2D eigenvalue weighted by Gasteiger charge is 2.24. The van der Waals surface area contributed by atoms with E-state index in [1.807, 2.05) is 6.07 Å². The number of carbonyl (C=O) groups excluding carboxylic acids is 1. The molecule has 5 heteroatoms. The SMILES string of the molecule is O=C(CCS)[C@@H](C[N+](=O)[O-])c1ccccc1. The normalized spacial score (nSPS) is 12.1. The summed E-state index contributed by atoms with van der Waals surface area (Å²) in [5.41, 5.74) is 0.700. The largest absolute Gasteiger partial charge is 0.299 e. The molecular formula is C11H13NO3S. The molecule has 0 saturated heterocycles. The third kappa shape index (κ3) is 3.66. The lowest BCUT2D eigenvalue weighted by Crippen LogP contribution is -2.21. The first kappa shape index (κ1) is 12.7. The lowest BCUT2D eigenvalue weighted by molar-refractivity contribution is -0.481. The highest BCUT2D eigenvalue weighted by Crippen LogP contribution is 2.18. The zero-order valence-electron chi connectivity index (χ0n) is 8.70. The number of nitrogens with zero attached hydrogens (tertiary/aromatic N) is 1. The minimum atomic E-state index is -0.650. The first-order valence-corrected chi connectivity index (χ1v) is 5.58. The maximum Gasteiger partial charge on any atom is 0.217 e. The van der Waals surface area contributed by atoms with Gasteiger partial charge in [0.2, 0.25) is 6.54 Å². The van der Waals surface area contributed by atoms with E-state index in [1.54, 1.807) is 24.3 Å². The van der Waals surface area contributed by atoms with Crippen molar-refractivity contribution in [1.29, 1.82) is 0 Å². The van der Waals surface area contributed by atoms with Crippen molar-refractivity contribution in [3.05, 3.63) is 46.0 Å². The van der Waals surface area contributed by atoms with E-state index in [1.165, 1.54) is 0 Å². The van der Waals surface area contributed by atoms with Gasteiger partial charge in [0, 0.05) is 11.3 Å². The fourth-order valence-electron chi connectivity index (χ4n) is 1.51. The Balaban J connectivity index is 2.87. The maximum atomic E-state index is 11.7. The molecule has 0 aliphatic rings. The molecule has 0 heterocycles. The number of rotatable bonds is 6. The van der Waals surface area contributed by atoms with Gasteiger partial charge in [-0.25, -0.2) is 0 Å². The van der Waals surface area contributed by atoms with Crippen LogP contribution in [0.3, 0.4) is 0 Å². The molecule has 1 aromatic carbocycles. The zero-order valence-corrected chi connectivity index (χ0v) is 9.60. The Morgan fingerprint density at radius 1 is 1.38 bits per heavy atom. The van der Waals surface area contributed by atoms with E-state index in [2.05, 4.69) is 12.6 Å². The molecular weight excluding hydrogens is 226 g/mol. The molecule has 0 saturated carbocycles. The predicted octanol–water partition coefficient (Wildman–Crippen LogP) is 1.94. The summed E-state index contributed by atoms with van der Waals surface area (Å²) in [4.78, 5) is 21.8. The van der Waals surface area contributed by atoms with E-state index in [0.717, 1.165) is 0 Å². The monoisotopic (exact) mass is 239 g/mol. The average Bonchev–Trinajstić information content (AvgIpc) is 2.27. The van der Waals surface area contributed by atoms with Crippen molar-refractivity contribution in [2.24, 2.45) is 0 Å². The van der Waals surface area contributed by atoms with Gasteiger partial charge in [-0.2, -0.15) is 12.6 Å². The van der Waals surface area contributed by atoms with Crippen molar-refractivity contribution in [3.8, 4) is 0 Å². The second-order valence-corrected chi connectivity index (χ2v) is 3.87. The number of ketones is 1. The Kier molecular flexibility index (Phi) is 4.98. The van der Waals surface area contributed by atoms with Gasteiger partial charge in [0.05, 0.1) is 0 Å². The van der Waals surface area contributed by atoms with Gasteiger partial charge in [-0.05, 0) is 11.3 Å². The standard InChI is InChI=1S/C11H13NO3S/c13-11(6-7-16)10(8-12(14)15)9-4-2-1-3-5-9/h1-5,10,16H,6-8H2/t10-/m0/s1. The van der Waals surface area contributed by atoms with E-state index in [0.29, 0.717) is 11.3 Å². The van der Waals surface area contributed by atoms with Crippen LogP contribution < -0.4 is 0 Å². The van der Waals surface area contributed by atoms with Crippen LogP contribution in [0.4, 0.5) is 0 Å². The smallest absolute Gasteiger partial charge is 0.217 e. The van der Waals surface area contributed by atoms with Crippen LogP contribution in [0.15, 0.2) is 30.3 Å². The summed E-state index contributed by atoms with van der Waals surface area (Å²) in [6, 6.07) is 8.84. The quantitative estimate of drug-likeness (QED) is 0.469. The summed E-state index contributed by atoms with van der Waals surface area (Å²) in [7, 11) is 0. The van der Waals surface area contributed by atoms with Gasteiger partial charge in [0.25, 0.3) is 0 Å². The van der Waals surface area contributed by atoms with Crippen molar-refractivity contribution in [3.63, 3.8) is 0 Å². The molecule has 4 nitrogen and oxygen atoms in total. The molecule has 0 fully saturated rings. The van der Waals surface area contributed by atoms with E-state index in [-0.39, 0.29) is 18.7 Å². The number of carbonyl (C=O) groups is 1. The fourth-order valence-corrected chi connectivity index (χ4v) is 1.73. The third-order valence-corrected chi connectivity index (χ3v) is 2.50. The molecule has 16 heavy (non-hydrogen) atoms. The molecule has 0 unspecified atom stereocenters. The number of thiol groups is 1. The number of hydrogen-bond acceptors (Lipinski definition) is 4. The molecule has 0 amide bonds. The lowest BCUT2D eigenvalue weighted by Gasteiger charge is -2.11. The summed E-state index contributed by atoms with van der Waals surface area (Å²) in [5, 5.41) is 10.5. The summed E-state index contributed by atoms with van der Waals surface area (Å²) < 4.78 is 0. The van der Waals surface area contributed by atoms with Crippen LogP contribution in [0.2, 0.25) is 0 Å².